The van der Waals surface area contributed by atoms with Crippen molar-refractivity contribution in [2.24, 2.45) is 0 Å². The largest absolute Gasteiger partial charge is 0.497 e. The predicted octanol–water partition coefficient (Wildman–Crippen LogP) is 3.50. The number of benzene rings is 1. The molecule has 0 radical (unpaired) electrons. The number of nitrogens with zero attached hydrogens (tertiary/aromatic N) is 1. The Labute approximate surface area is 126 Å². The van der Waals surface area contributed by atoms with E-state index in [1.807, 2.05) is 43.3 Å². The quantitative estimate of drug-likeness (QED) is 0.697. The van der Waals surface area contributed by atoms with Gasteiger partial charge >= 0.3 is 0 Å². The van der Waals surface area contributed by atoms with E-state index in [-0.39, 0.29) is 0 Å². The van der Waals surface area contributed by atoms with E-state index in [9.17, 15) is 0 Å². The van der Waals surface area contributed by atoms with Crippen molar-refractivity contribution in [3.05, 3.63) is 47.9 Å². The van der Waals surface area contributed by atoms with Crippen LogP contribution in [0.4, 0.5) is 0 Å². The van der Waals surface area contributed by atoms with E-state index in [2.05, 4.69) is 11.9 Å². The van der Waals surface area contributed by atoms with Crippen LogP contribution < -0.4 is 9.47 Å². The number of furan rings is 1. The Hall–Kier alpha value is -1.94. The van der Waals surface area contributed by atoms with Gasteiger partial charge in [0.1, 0.15) is 23.0 Å². The Balaban J connectivity index is 1.64. The lowest BCUT2D eigenvalue weighted by Crippen LogP contribution is -2.20. The Morgan fingerprint density at radius 1 is 1.05 bits per heavy atom. The molecule has 0 atom stereocenters. The van der Waals surface area contributed by atoms with Crippen LogP contribution in [0.25, 0.3) is 0 Å². The molecule has 0 bridgehead atoms. The molecule has 1 aromatic carbocycles. The fourth-order valence-electron chi connectivity index (χ4n) is 2.11. The van der Waals surface area contributed by atoms with Gasteiger partial charge in [0.15, 0.2) is 0 Å². The second kappa shape index (κ2) is 7.74. The van der Waals surface area contributed by atoms with Crippen molar-refractivity contribution >= 4 is 0 Å². The van der Waals surface area contributed by atoms with Crippen LogP contribution in [0.15, 0.2) is 40.8 Å². The minimum absolute atomic E-state index is 0.702. The SMILES string of the molecule is COc1ccc(OCCCN(C)Cc2ccc(C)o2)cc1. The first-order valence-electron chi connectivity index (χ1n) is 7.18. The highest BCUT2D eigenvalue weighted by atomic mass is 16.5. The first kappa shape index (κ1) is 15.4. The second-order valence-electron chi connectivity index (χ2n) is 5.13. The van der Waals surface area contributed by atoms with Crippen molar-refractivity contribution in [3.63, 3.8) is 0 Å². The molecule has 2 rings (SSSR count). The summed E-state index contributed by atoms with van der Waals surface area (Å²) in [7, 11) is 3.75. The van der Waals surface area contributed by atoms with Crippen molar-refractivity contribution in [2.45, 2.75) is 19.9 Å². The van der Waals surface area contributed by atoms with Crippen molar-refractivity contribution in [2.75, 3.05) is 27.3 Å². The molecule has 4 nitrogen and oxygen atoms in total. The highest BCUT2D eigenvalue weighted by Crippen LogP contribution is 2.17. The summed E-state index contributed by atoms with van der Waals surface area (Å²) >= 11 is 0. The Morgan fingerprint density at radius 2 is 1.76 bits per heavy atom. The van der Waals surface area contributed by atoms with Gasteiger partial charge in [0, 0.05) is 6.54 Å². The van der Waals surface area contributed by atoms with Crippen LogP contribution in [0.2, 0.25) is 0 Å². The smallest absolute Gasteiger partial charge is 0.119 e. The van der Waals surface area contributed by atoms with Gasteiger partial charge in [0.05, 0.1) is 20.3 Å². The molecule has 21 heavy (non-hydrogen) atoms. The lowest BCUT2D eigenvalue weighted by molar-refractivity contribution is 0.246. The molecule has 0 unspecified atom stereocenters. The maximum absolute atomic E-state index is 5.70. The first-order valence-corrected chi connectivity index (χ1v) is 7.18. The molecule has 114 valence electrons. The lowest BCUT2D eigenvalue weighted by Gasteiger charge is -2.15. The summed E-state index contributed by atoms with van der Waals surface area (Å²) < 4.78 is 16.4. The molecule has 0 aliphatic rings. The van der Waals surface area contributed by atoms with Crippen molar-refractivity contribution in [3.8, 4) is 11.5 Å². The van der Waals surface area contributed by atoms with Crippen LogP contribution in [0, 0.1) is 6.92 Å². The molecule has 1 heterocycles. The zero-order chi connectivity index (χ0) is 15.1. The average Bonchev–Trinajstić information content (AvgIpc) is 2.89. The zero-order valence-corrected chi connectivity index (χ0v) is 13.0. The van der Waals surface area contributed by atoms with Gasteiger partial charge in [-0.1, -0.05) is 0 Å². The molecular weight excluding hydrogens is 266 g/mol. The summed E-state index contributed by atoms with van der Waals surface area (Å²) in [6.45, 7) is 4.46. The van der Waals surface area contributed by atoms with Gasteiger partial charge in [-0.2, -0.15) is 0 Å². The summed E-state index contributed by atoms with van der Waals surface area (Å²) in [5, 5.41) is 0. The van der Waals surface area contributed by atoms with Crippen molar-refractivity contribution < 1.29 is 13.9 Å². The van der Waals surface area contributed by atoms with E-state index in [1.165, 1.54) is 0 Å². The Bertz CT molecular complexity index is 533. The van der Waals surface area contributed by atoms with E-state index in [0.29, 0.717) is 6.61 Å². The number of methoxy groups -OCH3 is 1. The molecule has 1 aromatic heterocycles. The highest BCUT2D eigenvalue weighted by molar-refractivity contribution is 5.31. The maximum Gasteiger partial charge on any atom is 0.119 e. The van der Waals surface area contributed by atoms with E-state index in [0.717, 1.165) is 42.5 Å². The van der Waals surface area contributed by atoms with Crippen LogP contribution in [0.5, 0.6) is 11.5 Å². The number of aryl methyl sites for hydroxylation is 1. The summed E-state index contributed by atoms with van der Waals surface area (Å²) in [4.78, 5) is 2.23. The van der Waals surface area contributed by atoms with Gasteiger partial charge in [-0.3, -0.25) is 4.90 Å². The standard InChI is InChI=1S/C17H23NO3/c1-14-5-6-17(21-14)13-18(2)11-4-12-20-16-9-7-15(19-3)8-10-16/h5-10H,4,11-13H2,1-3H3. The van der Waals surface area contributed by atoms with Gasteiger partial charge in [-0.15, -0.1) is 0 Å². The van der Waals surface area contributed by atoms with Gasteiger partial charge in [-0.25, -0.2) is 0 Å². The minimum atomic E-state index is 0.702. The lowest BCUT2D eigenvalue weighted by atomic mass is 10.3. The van der Waals surface area contributed by atoms with E-state index in [4.69, 9.17) is 13.9 Å². The number of ether oxygens (including phenoxy) is 2. The minimum Gasteiger partial charge on any atom is -0.497 e. The van der Waals surface area contributed by atoms with E-state index in [1.54, 1.807) is 7.11 Å². The van der Waals surface area contributed by atoms with Crippen LogP contribution in [0.3, 0.4) is 0 Å². The van der Waals surface area contributed by atoms with Crippen LogP contribution in [-0.4, -0.2) is 32.2 Å². The van der Waals surface area contributed by atoms with Gasteiger partial charge < -0.3 is 13.9 Å². The first-order chi connectivity index (χ1) is 10.2. The third-order valence-corrected chi connectivity index (χ3v) is 3.23. The summed E-state index contributed by atoms with van der Waals surface area (Å²) in [5.41, 5.74) is 0. The molecule has 2 aromatic rings. The summed E-state index contributed by atoms with van der Waals surface area (Å²) in [6, 6.07) is 11.7. The zero-order valence-electron chi connectivity index (χ0n) is 13.0. The molecule has 0 amide bonds. The molecular formula is C17H23NO3. The molecule has 0 aliphatic heterocycles. The third kappa shape index (κ3) is 5.16. The second-order valence-corrected chi connectivity index (χ2v) is 5.13. The van der Waals surface area contributed by atoms with Gasteiger partial charge in [-0.05, 0) is 56.8 Å². The molecule has 0 fully saturated rings. The summed E-state index contributed by atoms with van der Waals surface area (Å²) in [6.07, 6.45) is 0.974. The molecule has 4 heteroatoms. The van der Waals surface area contributed by atoms with Crippen LogP contribution >= 0.6 is 0 Å². The molecule has 0 saturated heterocycles. The Morgan fingerprint density at radius 3 is 2.38 bits per heavy atom. The van der Waals surface area contributed by atoms with Crippen LogP contribution in [-0.2, 0) is 6.54 Å². The fraction of sp³-hybridized carbons (Fsp3) is 0.412. The number of hydrogen-bond donors (Lipinski definition) is 0. The fourth-order valence-corrected chi connectivity index (χ4v) is 2.11. The monoisotopic (exact) mass is 289 g/mol. The van der Waals surface area contributed by atoms with Gasteiger partial charge in [0.2, 0.25) is 0 Å². The maximum atomic E-state index is 5.70. The van der Waals surface area contributed by atoms with Crippen LogP contribution in [0.1, 0.15) is 17.9 Å². The van der Waals surface area contributed by atoms with E-state index >= 15 is 0 Å². The molecule has 0 N–H and O–H groups in total. The van der Waals surface area contributed by atoms with Crippen molar-refractivity contribution in [1.29, 1.82) is 0 Å². The van der Waals surface area contributed by atoms with Crippen molar-refractivity contribution in [1.82, 2.24) is 4.90 Å². The van der Waals surface area contributed by atoms with E-state index < -0.39 is 0 Å². The highest BCUT2D eigenvalue weighted by Gasteiger charge is 2.04. The molecule has 0 spiro atoms. The average molecular weight is 289 g/mol. The molecule has 0 saturated carbocycles. The molecule has 0 aliphatic carbocycles. The van der Waals surface area contributed by atoms with Gasteiger partial charge in [0.25, 0.3) is 0 Å². The predicted molar refractivity (Wildman–Crippen MR) is 82.9 cm³/mol. The normalized spacial score (nSPS) is 10.9. The third-order valence-electron chi connectivity index (χ3n) is 3.23. The summed E-state index contributed by atoms with van der Waals surface area (Å²) in [5.74, 6) is 3.68. The number of rotatable bonds is 8. The Kier molecular flexibility index (Phi) is 5.69. The topological polar surface area (TPSA) is 34.8 Å². The number of hydrogen-bond acceptors (Lipinski definition) is 4.